The van der Waals surface area contributed by atoms with E-state index in [0.29, 0.717) is 12.1 Å². The summed E-state index contributed by atoms with van der Waals surface area (Å²) in [5.41, 5.74) is 1.39. The van der Waals surface area contributed by atoms with Crippen LogP contribution in [0.1, 0.15) is 39.2 Å². The molecular weight excluding hydrogens is 515 g/mol. The first kappa shape index (κ1) is 26.9. The zero-order valence-corrected chi connectivity index (χ0v) is 22.3. The molecule has 0 radical (unpaired) electrons. The van der Waals surface area contributed by atoms with E-state index < -0.39 is 0 Å². The highest BCUT2D eigenvalue weighted by Crippen LogP contribution is 2.20. The Bertz CT molecular complexity index is 708. The summed E-state index contributed by atoms with van der Waals surface area (Å²) in [7, 11) is 0. The molecule has 2 unspecified atom stereocenters. The molecule has 1 aromatic rings. The van der Waals surface area contributed by atoms with Gasteiger partial charge in [0.15, 0.2) is 5.96 Å². The summed E-state index contributed by atoms with van der Waals surface area (Å²) in [6.45, 7) is 14.4. The molecule has 8 heteroatoms. The highest BCUT2D eigenvalue weighted by molar-refractivity contribution is 14.0. The van der Waals surface area contributed by atoms with Crippen molar-refractivity contribution in [2.24, 2.45) is 4.99 Å². The van der Waals surface area contributed by atoms with Gasteiger partial charge in [-0.1, -0.05) is 30.3 Å². The maximum absolute atomic E-state index is 11.5. The van der Waals surface area contributed by atoms with Gasteiger partial charge in [-0.3, -0.25) is 19.6 Å². The number of hydrogen-bond acceptors (Lipinski definition) is 4. The van der Waals surface area contributed by atoms with Gasteiger partial charge in [0.05, 0.1) is 6.54 Å². The van der Waals surface area contributed by atoms with Crippen molar-refractivity contribution in [2.45, 2.75) is 52.2 Å². The minimum atomic E-state index is 0. The molecule has 1 aromatic carbocycles. The standard InChI is InChI=1S/C24H40N6O.HI/c1-4-25-24(26-11-13-28-14-16-29(17-15-28)21(3)31)27-23-10-12-30(20(2)18-23)19-22-8-6-5-7-9-22;/h5-9,20,23H,4,10-19H2,1-3H3,(H2,25,26,27);1H. The van der Waals surface area contributed by atoms with Gasteiger partial charge in [-0.15, -0.1) is 24.0 Å². The van der Waals surface area contributed by atoms with Gasteiger partial charge in [0, 0.05) is 71.4 Å². The number of benzene rings is 1. The van der Waals surface area contributed by atoms with Crippen LogP contribution in [0.2, 0.25) is 0 Å². The van der Waals surface area contributed by atoms with Crippen LogP contribution in [0.15, 0.2) is 35.3 Å². The van der Waals surface area contributed by atoms with Gasteiger partial charge in [-0.25, -0.2) is 0 Å². The maximum Gasteiger partial charge on any atom is 0.219 e. The molecule has 2 aliphatic rings. The predicted molar refractivity (Wildman–Crippen MR) is 143 cm³/mol. The van der Waals surface area contributed by atoms with Crippen LogP contribution in [0.3, 0.4) is 0 Å². The first-order valence-corrected chi connectivity index (χ1v) is 11.9. The van der Waals surface area contributed by atoms with E-state index in [2.05, 4.69) is 64.6 Å². The van der Waals surface area contributed by atoms with Crippen molar-refractivity contribution in [3.8, 4) is 0 Å². The summed E-state index contributed by atoms with van der Waals surface area (Å²) in [6, 6.07) is 11.8. The number of amides is 1. The Kier molecular flexibility index (Phi) is 11.7. The Morgan fingerprint density at radius 2 is 1.84 bits per heavy atom. The number of hydrogen-bond donors (Lipinski definition) is 2. The van der Waals surface area contributed by atoms with E-state index in [1.165, 1.54) is 5.56 Å². The summed E-state index contributed by atoms with van der Waals surface area (Å²) in [5.74, 6) is 1.11. The summed E-state index contributed by atoms with van der Waals surface area (Å²) in [4.78, 5) is 23.2. The fraction of sp³-hybridized carbons (Fsp3) is 0.667. The topological polar surface area (TPSA) is 63.2 Å². The zero-order valence-electron chi connectivity index (χ0n) is 19.9. The number of nitrogens with one attached hydrogen (secondary N) is 2. The number of rotatable bonds is 7. The molecule has 2 heterocycles. The molecule has 0 saturated carbocycles. The van der Waals surface area contributed by atoms with Crippen molar-refractivity contribution >= 4 is 35.8 Å². The maximum atomic E-state index is 11.5. The quantitative estimate of drug-likeness (QED) is 0.307. The van der Waals surface area contributed by atoms with E-state index in [0.717, 1.165) is 77.7 Å². The number of piperazine rings is 1. The van der Waals surface area contributed by atoms with E-state index in [1.807, 2.05) is 4.90 Å². The Labute approximate surface area is 211 Å². The average molecular weight is 557 g/mol. The van der Waals surface area contributed by atoms with Crippen molar-refractivity contribution < 1.29 is 4.79 Å². The minimum absolute atomic E-state index is 0. The smallest absolute Gasteiger partial charge is 0.219 e. The van der Waals surface area contributed by atoms with Crippen molar-refractivity contribution in [1.82, 2.24) is 25.3 Å². The molecule has 2 atom stereocenters. The first-order valence-electron chi connectivity index (χ1n) is 11.9. The normalized spacial score (nSPS) is 22.8. The third-order valence-electron chi connectivity index (χ3n) is 6.43. The molecule has 2 fully saturated rings. The summed E-state index contributed by atoms with van der Waals surface area (Å²) in [6.07, 6.45) is 2.26. The lowest BCUT2D eigenvalue weighted by Gasteiger charge is -2.38. The lowest BCUT2D eigenvalue weighted by Crippen LogP contribution is -2.51. The van der Waals surface area contributed by atoms with E-state index in [-0.39, 0.29) is 29.9 Å². The molecule has 2 N–H and O–H groups in total. The van der Waals surface area contributed by atoms with Crippen molar-refractivity contribution in [3.05, 3.63) is 35.9 Å². The van der Waals surface area contributed by atoms with Crippen LogP contribution >= 0.6 is 24.0 Å². The summed E-state index contributed by atoms with van der Waals surface area (Å²) < 4.78 is 0. The van der Waals surface area contributed by atoms with E-state index in [4.69, 9.17) is 4.99 Å². The second-order valence-corrected chi connectivity index (χ2v) is 8.78. The Hall–Kier alpha value is -1.39. The fourth-order valence-electron chi connectivity index (χ4n) is 4.51. The van der Waals surface area contributed by atoms with Gasteiger partial charge in [-0.2, -0.15) is 0 Å². The number of halogens is 1. The molecule has 7 nitrogen and oxygen atoms in total. The van der Waals surface area contributed by atoms with Crippen molar-refractivity contribution in [2.75, 3.05) is 52.4 Å². The predicted octanol–water partition coefficient (Wildman–Crippen LogP) is 2.38. The molecule has 0 aliphatic carbocycles. The zero-order chi connectivity index (χ0) is 22.1. The SMILES string of the molecule is CCNC(=NCCN1CCN(C(C)=O)CC1)NC1CCN(Cc2ccccc2)C(C)C1.I. The molecule has 1 amide bonds. The van der Waals surface area contributed by atoms with Crippen molar-refractivity contribution in [3.63, 3.8) is 0 Å². The number of carbonyl (C=O) groups excluding carboxylic acids is 1. The lowest BCUT2D eigenvalue weighted by molar-refractivity contribution is -0.130. The number of likely N-dealkylation sites (tertiary alicyclic amines) is 1. The molecule has 2 saturated heterocycles. The molecule has 0 spiro atoms. The van der Waals surface area contributed by atoms with Gasteiger partial charge in [-0.05, 0) is 32.3 Å². The third-order valence-corrected chi connectivity index (χ3v) is 6.43. The Balaban J connectivity index is 0.00000363. The molecule has 0 bridgehead atoms. The fourth-order valence-corrected chi connectivity index (χ4v) is 4.51. The van der Waals surface area contributed by atoms with Gasteiger partial charge in [0.25, 0.3) is 0 Å². The van der Waals surface area contributed by atoms with Crippen LogP contribution in [0, 0.1) is 0 Å². The molecule has 180 valence electrons. The van der Waals surface area contributed by atoms with Crippen LogP contribution in [-0.2, 0) is 11.3 Å². The van der Waals surface area contributed by atoms with E-state index in [1.54, 1.807) is 6.92 Å². The number of nitrogens with zero attached hydrogens (tertiary/aromatic N) is 4. The van der Waals surface area contributed by atoms with Crippen molar-refractivity contribution in [1.29, 1.82) is 0 Å². The van der Waals surface area contributed by atoms with Crippen LogP contribution < -0.4 is 10.6 Å². The third kappa shape index (κ3) is 8.51. The van der Waals surface area contributed by atoms with Gasteiger partial charge < -0.3 is 15.5 Å². The first-order chi connectivity index (χ1) is 15.0. The highest BCUT2D eigenvalue weighted by atomic mass is 127. The molecule has 0 aromatic heterocycles. The van der Waals surface area contributed by atoms with Gasteiger partial charge >= 0.3 is 0 Å². The van der Waals surface area contributed by atoms with Crippen LogP contribution in [0.5, 0.6) is 0 Å². The Morgan fingerprint density at radius 3 is 2.47 bits per heavy atom. The number of piperidine rings is 1. The molecule has 32 heavy (non-hydrogen) atoms. The van der Waals surface area contributed by atoms with Crippen LogP contribution in [0.25, 0.3) is 0 Å². The molecule has 3 rings (SSSR count). The average Bonchev–Trinajstić information content (AvgIpc) is 2.77. The van der Waals surface area contributed by atoms with Crippen LogP contribution in [-0.4, -0.2) is 91.0 Å². The largest absolute Gasteiger partial charge is 0.357 e. The number of guanidine groups is 1. The van der Waals surface area contributed by atoms with E-state index >= 15 is 0 Å². The minimum Gasteiger partial charge on any atom is -0.357 e. The van der Waals surface area contributed by atoms with Gasteiger partial charge in [0.1, 0.15) is 0 Å². The summed E-state index contributed by atoms with van der Waals surface area (Å²) in [5, 5.41) is 7.08. The second kappa shape index (κ2) is 14.0. The second-order valence-electron chi connectivity index (χ2n) is 8.78. The molecule has 2 aliphatic heterocycles. The monoisotopic (exact) mass is 556 g/mol. The lowest BCUT2D eigenvalue weighted by atomic mass is 9.97. The molecular formula is C24H41IN6O. The van der Waals surface area contributed by atoms with Crippen LogP contribution in [0.4, 0.5) is 0 Å². The van der Waals surface area contributed by atoms with Gasteiger partial charge in [0.2, 0.25) is 5.91 Å². The number of carbonyl (C=O) groups is 1. The highest BCUT2D eigenvalue weighted by Gasteiger charge is 2.26. The van der Waals surface area contributed by atoms with E-state index in [9.17, 15) is 4.79 Å². The Morgan fingerprint density at radius 1 is 1.12 bits per heavy atom. The summed E-state index contributed by atoms with van der Waals surface area (Å²) >= 11 is 0. The number of aliphatic imine (C=N–C) groups is 1.